The number of likely N-dealkylation sites (tertiary alicyclic amines) is 1. The predicted molar refractivity (Wildman–Crippen MR) is 101 cm³/mol. The molecule has 0 radical (unpaired) electrons. The highest BCUT2D eigenvalue weighted by Crippen LogP contribution is 2.26. The molecule has 4 heterocycles. The van der Waals surface area contributed by atoms with E-state index in [1.807, 2.05) is 30.4 Å². The third kappa shape index (κ3) is 3.20. The maximum Gasteiger partial charge on any atom is 0.222 e. The molecule has 1 unspecified atom stereocenters. The van der Waals surface area contributed by atoms with Crippen LogP contribution >= 0.6 is 0 Å². The zero-order valence-corrected chi connectivity index (χ0v) is 15.7. The summed E-state index contributed by atoms with van der Waals surface area (Å²) >= 11 is 0. The lowest BCUT2D eigenvalue weighted by molar-refractivity contribution is -0.129. The number of nitrogens with zero attached hydrogens (tertiary/aromatic N) is 7. The minimum Gasteiger partial charge on any atom is -0.364 e. The maximum atomic E-state index is 11.9. The Kier molecular flexibility index (Phi) is 4.43. The van der Waals surface area contributed by atoms with E-state index in [1.165, 1.54) is 6.33 Å². The van der Waals surface area contributed by atoms with Crippen molar-refractivity contribution in [2.75, 3.05) is 18.4 Å². The summed E-state index contributed by atoms with van der Waals surface area (Å²) in [6.45, 7) is 5.19. The maximum absolute atomic E-state index is 11.9. The number of nitrogens with one attached hydrogen (secondary N) is 1. The van der Waals surface area contributed by atoms with Gasteiger partial charge < -0.3 is 14.8 Å². The van der Waals surface area contributed by atoms with Crippen molar-refractivity contribution in [3.05, 3.63) is 24.5 Å². The van der Waals surface area contributed by atoms with Gasteiger partial charge in [-0.05, 0) is 13.3 Å². The summed E-state index contributed by atoms with van der Waals surface area (Å²) in [7, 11) is 1.92. The monoisotopic (exact) mass is 366 g/mol. The molecule has 1 saturated heterocycles. The van der Waals surface area contributed by atoms with E-state index < -0.39 is 0 Å². The van der Waals surface area contributed by atoms with Crippen LogP contribution in [0.3, 0.4) is 0 Å². The van der Waals surface area contributed by atoms with Crippen molar-refractivity contribution in [2.24, 2.45) is 7.05 Å². The Morgan fingerprint density at radius 1 is 1.26 bits per heavy atom. The summed E-state index contributed by atoms with van der Waals surface area (Å²) in [6.07, 6.45) is 6.48. The van der Waals surface area contributed by atoms with Crippen LogP contribution in [0.2, 0.25) is 0 Å². The molecule has 1 aliphatic rings. The SMILES string of the molecule is CCC(=O)N1CCC(Nc2ncnc3c2nc(-c2cnc(C)nc2)n3C)C1. The van der Waals surface area contributed by atoms with E-state index >= 15 is 0 Å². The van der Waals surface area contributed by atoms with Crippen LogP contribution in [0.1, 0.15) is 25.6 Å². The highest BCUT2D eigenvalue weighted by atomic mass is 16.2. The summed E-state index contributed by atoms with van der Waals surface area (Å²) in [5, 5.41) is 3.44. The molecule has 4 rings (SSSR count). The van der Waals surface area contributed by atoms with Gasteiger partial charge in [0.1, 0.15) is 18.0 Å². The topological polar surface area (TPSA) is 102 Å². The van der Waals surface area contributed by atoms with Crippen LogP contribution in [0.4, 0.5) is 5.82 Å². The fourth-order valence-corrected chi connectivity index (χ4v) is 3.39. The number of aryl methyl sites for hydroxylation is 2. The molecule has 0 spiro atoms. The zero-order chi connectivity index (χ0) is 19.0. The highest BCUT2D eigenvalue weighted by molar-refractivity contribution is 5.86. The number of hydrogen-bond acceptors (Lipinski definition) is 7. The fraction of sp³-hybridized carbons (Fsp3) is 0.444. The number of rotatable bonds is 4. The van der Waals surface area contributed by atoms with Crippen LogP contribution in [0.5, 0.6) is 0 Å². The lowest BCUT2D eigenvalue weighted by Crippen LogP contribution is -2.31. The Bertz CT molecular complexity index is 981. The molecule has 1 fully saturated rings. The van der Waals surface area contributed by atoms with Crippen molar-refractivity contribution in [3.63, 3.8) is 0 Å². The lowest BCUT2D eigenvalue weighted by Gasteiger charge is -2.16. The molecule has 1 aliphatic heterocycles. The van der Waals surface area contributed by atoms with Crippen molar-refractivity contribution in [1.29, 1.82) is 0 Å². The van der Waals surface area contributed by atoms with Crippen molar-refractivity contribution < 1.29 is 4.79 Å². The Hall–Kier alpha value is -3.10. The molecule has 0 bridgehead atoms. The van der Waals surface area contributed by atoms with E-state index in [0.29, 0.717) is 30.1 Å². The predicted octanol–water partition coefficient (Wildman–Crippen LogP) is 1.55. The number of amides is 1. The van der Waals surface area contributed by atoms with Gasteiger partial charge in [-0.3, -0.25) is 4.79 Å². The van der Waals surface area contributed by atoms with Crippen LogP contribution < -0.4 is 5.32 Å². The number of imidazole rings is 1. The molecule has 1 atom stereocenters. The van der Waals surface area contributed by atoms with Gasteiger partial charge in [0, 0.05) is 45.0 Å². The molecule has 0 aliphatic carbocycles. The number of carbonyl (C=O) groups is 1. The average Bonchev–Trinajstić information content (AvgIpc) is 3.28. The van der Waals surface area contributed by atoms with Gasteiger partial charge in [0.25, 0.3) is 0 Å². The number of fused-ring (bicyclic) bond motifs is 1. The minimum absolute atomic E-state index is 0.159. The molecule has 27 heavy (non-hydrogen) atoms. The summed E-state index contributed by atoms with van der Waals surface area (Å²) in [4.78, 5) is 35.8. The Balaban J connectivity index is 1.64. The number of aromatic nitrogens is 6. The third-order valence-corrected chi connectivity index (χ3v) is 4.88. The summed E-state index contributed by atoms with van der Waals surface area (Å²) in [5.74, 6) is 2.33. The molecular weight excluding hydrogens is 344 g/mol. The Morgan fingerprint density at radius 2 is 2.04 bits per heavy atom. The van der Waals surface area contributed by atoms with Crippen LogP contribution in [-0.4, -0.2) is 59.4 Å². The highest BCUT2D eigenvalue weighted by Gasteiger charge is 2.26. The van der Waals surface area contributed by atoms with E-state index in [2.05, 4.69) is 25.3 Å². The van der Waals surface area contributed by atoms with Gasteiger partial charge in [0.2, 0.25) is 5.91 Å². The molecule has 0 saturated carbocycles. The van der Waals surface area contributed by atoms with Gasteiger partial charge in [-0.2, -0.15) is 0 Å². The average molecular weight is 366 g/mol. The van der Waals surface area contributed by atoms with Gasteiger partial charge in [0.05, 0.1) is 5.56 Å². The van der Waals surface area contributed by atoms with E-state index in [0.717, 1.165) is 30.0 Å². The van der Waals surface area contributed by atoms with Crippen molar-refractivity contribution in [3.8, 4) is 11.4 Å². The molecule has 9 nitrogen and oxygen atoms in total. The molecule has 140 valence electrons. The Labute approximate surface area is 156 Å². The molecule has 0 aromatic carbocycles. The van der Waals surface area contributed by atoms with E-state index in [1.54, 1.807) is 12.4 Å². The summed E-state index contributed by atoms with van der Waals surface area (Å²) < 4.78 is 1.91. The smallest absolute Gasteiger partial charge is 0.222 e. The summed E-state index contributed by atoms with van der Waals surface area (Å²) in [5.41, 5.74) is 2.27. The number of hydrogen-bond donors (Lipinski definition) is 1. The van der Waals surface area contributed by atoms with Gasteiger partial charge in [-0.25, -0.2) is 24.9 Å². The first kappa shape index (κ1) is 17.3. The molecule has 1 amide bonds. The molecule has 3 aromatic rings. The van der Waals surface area contributed by atoms with Crippen LogP contribution in [-0.2, 0) is 11.8 Å². The molecular formula is C18H22N8O. The first-order valence-corrected chi connectivity index (χ1v) is 9.07. The zero-order valence-electron chi connectivity index (χ0n) is 15.7. The summed E-state index contributed by atoms with van der Waals surface area (Å²) in [6, 6.07) is 0.159. The first-order chi connectivity index (χ1) is 13.1. The molecule has 3 aromatic heterocycles. The normalized spacial score (nSPS) is 16.9. The first-order valence-electron chi connectivity index (χ1n) is 9.07. The van der Waals surface area contributed by atoms with Crippen LogP contribution in [0.15, 0.2) is 18.7 Å². The third-order valence-electron chi connectivity index (χ3n) is 4.88. The second-order valence-corrected chi connectivity index (χ2v) is 6.73. The van der Waals surface area contributed by atoms with Crippen LogP contribution in [0.25, 0.3) is 22.6 Å². The van der Waals surface area contributed by atoms with Crippen LogP contribution in [0, 0.1) is 6.92 Å². The molecule has 1 N–H and O–H groups in total. The van der Waals surface area contributed by atoms with Gasteiger partial charge >= 0.3 is 0 Å². The van der Waals surface area contributed by atoms with Gasteiger partial charge in [0.15, 0.2) is 17.0 Å². The van der Waals surface area contributed by atoms with E-state index in [-0.39, 0.29) is 11.9 Å². The van der Waals surface area contributed by atoms with Gasteiger partial charge in [-0.1, -0.05) is 6.92 Å². The largest absolute Gasteiger partial charge is 0.364 e. The number of carbonyl (C=O) groups excluding carboxylic acids is 1. The van der Waals surface area contributed by atoms with Gasteiger partial charge in [-0.15, -0.1) is 0 Å². The fourth-order valence-electron chi connectivity index (χ4n) is 3.39. The second-order valence-electron chi connectivity index (χ2n) is 6.73. The quantitative estimate of drug-likeness (QED) is 0.747. The van der Waals surface area contributed by atoms with E-state index in [4.69, 9.17) is 4.98 Å². The van der Waals surface area contributed by atoms with Crippen molar-refractivity contribution in [1.82, 2.24) is 34.4 Å². The van der Waals surface area contributed by atoms with E-state index in [9.17, 15) is 4.79 Å². The number of anilines is 1. The second kappa shape index (κ2) is 6.90. The molecule has 9 heteroatoms. The Morgan fingerprint density at radius 3 is 2.78 bits per heavy atom. The van der Waals surface area contributed by atoms with Crippen molar-refractivity contribution in [2.45, 2.75) is 32.7 Å². The standard InChI is InChI=1S/C18H22N8O/c1-4-14(27)26-6-5-13(9-26)23-16-15-18(22-10-21-16)25(3)17(24-15)12-7-19-11(2)20-8-12/h7-8,10,13H,4-6,9H2,1-3H3,(H,21,22,23). The van der Waals surface area contributed by atoms with Crippen molar-refractivity contribution >= 4 is 22.9 Å². The lowest BCUT2D eigenvalue weighted by atomic mass is 10.2. The minimum atomic E-state index is 0.159.